The van der Waals surface area contributed by atoms with Crippen LogP contribution in [-0.2, 0) is 25.4 Å². The quantitative estimate of drug-likeness (QED) is 0.109. The van der Waals surface area contributed by atoms with Gasteiger partial charge in [-0.05, 0) is 93.9 Å². The van der Waals surface area contributed by atoms with Crippen molar-refractivity contribution >= 4 is 69.0 Å². The number of piperidine rings is 1. The second kappa shape index (κ2) is 15.3. The van der Waals surface area contributed by atoms with Gasteiger partial charge in [0.25, 0.3) is 5.91 Å². The van der Waals surface area contributed by atoms with E-state index in [0.29, 0.717) is 80.3 Å². The number of nitrogens with one attached hydrogen (secondary N) is 2. The molecule has 0 spiro atoms. The van der Waals surface area contributed by atoms with Crippen LogP contribution in [0.5, 0.6) is 5.75 Å². The Morgan fingerprint density at radius 2 is 1.77 bits per heavy atom. The van der Waals surface area contributed by atoms with Crippen LogP contribution in [-0.4, -0.2) is 88.9 Å². The molecule has 1 aliphatic carbocycles. The second-order valence-corrected chi connectivity index (χ2v) is 16.2. The van der Waals surface area contributed by atoms with Crippen LogP contribution >= 0.6 is 12.2 Å². The number of benzene rings is 3. The van der Waals surface area contributed by atoms with Crippen molar-refractivity contribution < 1.29 is 45.9 Å². The molecule has 4 fully saturated rings. The van der Waals surface area contributed by atoms with Gasteiger partial charge in [0.05, 0.1) is 35.1 Å². The molecule has 0 bridgehead atoms. The number of carbonyl (C=O) groups excluding carboxylic acids is 4. The fourth-order valence-corrected chi connectivity index (χ4v) is 8.85. The number of hydrogen-bond acceptors (Lipinski definition) is 10. The normalized spacial score (nSPS) is 20.6. The highest BCUT2D eigenvalue weighted by atomic mass is 32.1. The number of piperazine rings is 1. The van der Waals surface area contributed by atoms with E-state index in [1.165, 1.54) is 49.3 Å². The molecule has 18 heteroatoms. The molecular weight excluding hydrogens is 807 g/mol. The molecular formula is C42H39F4N7O6S. The molecule has 60 heavy (non-hydrogen) atoms. The maximum absolute atomic E-state index is 15.5. The van der Waals surface area contributed by atoms with Crippen molar-refractivity contribution in [1.29, 1.82) is 5.26 Å². The van der Waals surface area contributed by atoms with Crippen LogP contribution in [0.4, 0.5) is 34.6 Å². The van der Waals surface area contributed by atoms with Crippen molar-refractivity contribution in [3.05, 3.63) is 83.4 Å². The minimum absolute atomic E-state index is 0.0307. The summed E-state index contributed by atoms with van der Waals surface area (Å²) in [6.07, 6.45) is -1.27. The van der Waals surface area contributed by atoms with Crippen molar-refractivity contribution in [3.8, 4) is 11.8 Å². The number of furan rings is 1. The number of fused-ring (bicyclic) bond motifs is 1. The van der Waals surface area contributed by atoms with Gasteiger partial charge in [-0.15, -0.1) is 0 Å². The van der Waals surface area contributed by atoms with Gasteiger partial charge in [0.15, 0.2) is 16.7 Å². The number of nitriles is 1. The lowest BCUT2D eigenvalue weighted by Crippen LogP contribution is -2.55. The minimum Gasteiger partial charge on any atom is -0.489 e. The van der Waals surface area contributed by atoms with Crippen LogP contribution in [0, 0.1) is 17.1 Å². The van der Waals surface area contributed by atoms with Crippen LogP contribution < -0.4 is 25.2 Å². The van der Waals surface area contributed by atoms with Crippen LogP contribution in [0.2, 0.25) is 0 Å². The van der Waals surface area contributed by atoms with E-state index < -0.39 is 46.0 Å². The number of amides is 4. The van der Waals surface area contributed by atoms with Gasteiger partial charge in [0, 0.05) is 67.5 Å². The Kier molecular flexibility index (Phi) is 10.4. The van der Waals surface area contributed by atoms with Crippen molar-refractivity contribution in [2.45, 2.75) is 62.7 Å². The van der Waals surface area contributed by atoms with Crippen molar-refractivity contribution in [2.24, 2.45) is 0 Å². The third-order valence-electron chi connectivity index (χ3n) is 11.8. The Morgan fingerprint density at radius 3 is 2.43 bits per heavy atom. The van der Waals surface area contributed by atoms with Crippen molar-refractivity contribution in [3.63, 3.8) is 0 Å². The van der Waals surface area contributed by atoms with Gasteiger partial charge in [-0.1, -0.05) is 0 Å². The molecule has 1 saturated carbocycles. The number of carbonyl (C=O) groups is 4. The molecule has 8 rings (SSSR count). The smallest absolute Gasteiger partial charge is 0.417 e. The van der Waals surface area contributed by atoms with Gasteiger partial charge in [0.1, 0.15) is 23.3 Å². The van der Waals surface area contributed by atoms with E-state index in [9.17, 15) is 37.6 Å². The highest BCUT2D eigenvalue weighted by molar-refractivity contribution is 7.81. The molecule has 0 unspecified atom stereocenters. The molecule has 1 atom stereocenters. The van der Waals surface area contributed by atoms with E-state index in [0.717, 1.165) is 17.0 Å². The lowest BCUT2D eigenvalue weighted by molar-refractivity contribution is -0.138. The van der Waals surface area contributed by atoms with Gasteiger partial charge >= 0.3 is 6.18 Å². The number of anilines is 3. The maximum Gasteiger partial charge on any atom is 0.417 e. The number of hydrogen-bond donors (Lipinski definition) is 2. The first-order valence-electron chi connectivity index (χ1n) is 19.4. The summed E-state index contributed by atoms with van der Waals surface area (Å²) in [5.74, 6) is -2.68. The Morgan fingerprint density at radius 1 is 1.03 bits per heavy atom. The van der Waals surface area contributed by atoms with Gasteiger partial charge in [0.2, 0.25) is 17.7 Å². The first-order chi connectivity index (χ1) is 28.5. The van der Waals surface area contributed by atoms with E-state index >= 15 is 4.39 Å². The van der Waals surface area contributed by atoms with Gasteiger partial charge < -0.3 is 19.4 Å². The molecule has 4 amide bonds. The number of ether oxygens (including phenoxy) is 1. The largest absolute Gasteiger partial charge is 0.489 e. The molecule has 3 saturated heterocycles. The van der Waals surface area contributed by atoms with E-state index in [1.54, 1.807) is 18.2 Å². The number of thiocarbonyl (C=S) groups is 1. The SMILES string of the molecule is CC1(C)C(=O)N(c2ccc(C#N)c(C(F)(F)F)c2)C(=S)N1c1ccc(OCCN2CCN(C3(C(=O)Nc4ccc5occ([C@@H]6CCC(=O)NC6=O)c5c4)CC3)CC2)c(F)c1. The molecule has 3 aromatic carbocycles. The Bertz CT molecular complexity index is 2490. The number of imide groups is 1. The summed E-state index contributed by atoms with van der Waals surface area (Å²) < 4.78 is 68.2. The minimum atomic E-state index is -4.85. The molecule has 4 heterocycles. The van der Waals surface area contributed by atoms with Gasteiger partial charge in [-0.2, -0.15) is 18.4 Å². The first-order valence-corrected chi connectivity index (χ1v) is 19.8. The van der Waals surface area contributed by atoms with E-state index in [1.807, 2.05) is 0 Å². The number of nitrogens with zero attached hydrogens (tertiary/aromatic N) is 5. The Hall–Kier alpha value is -5.90. The summed E-state index contributed by atoms with van der Waals surface area (Å²) >= 11 is 5.57. The topological polar surface area (TPSA) is 151 Å². The van der Waals surface area contributed by atoms with Gasteiger partial charge in [-0.25, -0.2) is 4.39 Å². The highest BCUT2D eigenvalue weighted by Gasteiger charge is 2.55. The van der Waals surface area contributed by atoms with Crippen LogP contribution in [0.1, 0.15) is 62.1 Å². The Balaban J connectivity index is 0.851. The molecule has 0 radical (unpaired) electrons. The van der Waals surface area contributed by atoms with E-state index in [4.69, 9.17) is 21.4 Å². The number of alkyl halides is 3. The van der Waals surface area contributed by atoms with Crippen LogP contribution in [0.25, 0.3) is 11.0 Å². The monoisotopic (exact) mass is 845 g/mol. The zero-order valence-electron chi connectivity index (χ0n) is 32.5. The molecule has 2 N–H and O–H groups in total. The van der Waals surface area contributed by atoms with E-state index in [-0.39, 0.29) is 53.0 Å². The molecule has 13 nitrogen and oxygen atoms in total. The molecule has 4 aliphatic rings. The fourth-order valence-electron chi connectivity index (χ4n) is 8.33. The highest BCUT2D eigenvalue weighted by Crippen LogP contribution is 2.44. The third kappa shape index (κ3) is 7.34. The predicted molar refractivity (Wildman–Crippen MR) is 215 cm³/mol. The summed E-state index contributed by atoms with van der Waals surface area (Å²) in [6.45, 7) is 6.30. The van der Waals surface area contributed by atoms with Crippen LogP contribution in [0.3, 0.4) is 0 Å². The summed E-state index contributed by atoms with van der Waals surface area (Å²) in [6, 6.07) is 13.8. The summed E-state index contributed by atoms with van der Waals surface area (Å²) in [5.41, 5.74) is -1.97. The molecule has 3 aliphatic heterocycles. The third-order valence-corrected chi connectivity index (χ3v) is 12.2. The summed E-state index contributed by atoms with van der Waals surface area (Å²) in [4.78, 5) is 58.1. The standard InChI is InChI=1S/C42H39F4N7O6S/c1-40(2)38(57)52(26-5-3-24(22-47)31(20-26)42(44,45)46)39(60)53(40)27-6-9-34(32(43)21-27)58-18-17-50-13-15-51(16-14-50)41(11-12-41)37(56)48-25-4-8-33-29(19-25)30(23-59-33)28-7-10-35(54)49-36(28)55/h3-6,8-9,19-21,23,28H,7,10-18H2,1-2H3,(H,48,56)(H,49,54,55)/t28-/m0/s1. The van der Waals surface area contributed by atoms with Crippen molar-refractivity contribution in [2.75, 3.05) is 54.4 Å². The second-order valence-electron chi connectivity index (χ2n) is 15.8. The average molecular weight is 846 g/mol. The van der Waals surface area contributed by atoms with Gasteiger partial charge in [-0.3, -0.25) is 39.2 Å². The number of halogens is 4. The summed E-state index contributed by atoms with van der Waals surface area (Å²) in [5, 5.41) is 15.2. The molecule has 312 valence electrons. The zero-order chi connectivity index (χ0) is 42.7. The predicted octanol–water partition coefficient (Wildman–Crippen LogP) is 6.07. The van der Waals surface area contributed by atoms with E-state index in [2.05, 4.69) is 20.4 Å². The zero-order valence-corrected chi connectivity index (χ0v) is 33.3. The summed E-state index contributed by atoms with van der Waals surface area (Å²) in [7, 11) is 0. The van der Waals surface area contributed by atoms with Crippen LogP contribution in [0.15, 0.2) is 65.3 Å². The maximum atomic E-state index is 15.5. The lowest BCUT2D eigenvalue weighted by atomic mass is 9.90. The lowest BCUT2D eigenvalue weighted by Gasteiger charge is -2.39. The number of rotatable bonds is 10. The first kappa shape index (κ1) is 40.9. The Labute approximate surface area is 346 Å². The average Bonchev–Trinajstić information content (AvgIpc) is 3.88. The molecule has 4 aromatic rings. The molecule has 1 aromatic heterocycles. The fraction of sp³-hybridized carbons (Fsp3) is 0.381. The van der Waals surface area contributed by atoms with Crippen molar-refractivity contribution in [1.82, 2.24) is 15.1 Å².